The number of rotatable bonds is 5. The molecule has 0 radical (unpaired) electrons. The Balaban J connectivity index is 2.82. The Labute approximate surface area is 96.8 Å². The molecule has 0 N–H and O–H groups in total. The van der Waals surface area contributed by atoms with Gasteiger partial charge in [0.15, 0.2) is 0 Å². The molecule has 0 bridgehead atoms. The van der Waals surface area contributed by atoms with E-state index in [9.17, 15) is 13.2 Å². The zero-order chi connectivity index (χ0) is 13.1. The first-order chi connectivity index (χ1) is 7.81. The van der Waals surface area contributed by atoms with Gasteiger partial charge in [0.25, 0.3) is 10.1 Å². The van der Waals surface area contributed by atoms with E-state index in [1.54, 1.807) is 12.1 Å². The lowest BCUT2D eigenvalue weighted by Gasteiger charge is -2.04. The molecule has 0 aliphatic heterocycles. The summed E-state index contributed by atoms with van der Waals surface area (Å²) in [4.78, 5) is 10.7. The van der Waals surface area contributed by atoms with E-state index in [2.05, 4.69) is 4.18 Å². The molecule has 0 aliphatic carbocycles. The maximum atomic E-state index is 11.7. The number of ketones is 1. The van der Waals surface area contributed by atoms with E-state index in [0.29, 0.717) is 0 Å². The molecule has 0 amide bonds. The second kappa shape index (κ2) is 5.23. The first-order valence-electron chi connectivity index (χ1n) is 5.30. The topological polar surface area (TPSA) is 60.4 Å². The fourth-order valence-corrected chi connectivity index (χ4v) is 1.83. The average molecular weight is 243 g/mol. The molecule has 88 valence electrons. The van der Waals surface area contributed by atoms with Crippen molar-refractivity contribution < 1.29 is 18.8 Å². The molecule has 1 atom stereocenters. The summed E-state index contributed by atoms with van der Waals surface area (Å²) >= 11 is 0. The monoisotopic (exact) mass is 243 g/mol. The Morgan fingerprint density at radius 2 is 1.94 bits per heavy atom. The van der Waals surface area contributed by atoms with Gasteiger partial charge in [-0.1, -0.05) is 17.7 Å². The van der Waals surface area contributed by atoms with E-state index in [0.717, 1.165) is 5.56 Å². The predicted molar refractivity (Wildman–Crippen MR) is 59.6 cm³/mol. The van der Waals surface area contributed by atoms with Crippen LogP contribution >= 0.6 is 0 Å². The largest absolute Gasteiger partial charge is 0.300 e. The third-order valence-electron chi connectivity index (χ3n) is 1.88. The summed E-state index contributed by atoms with van der Waals surface area (Å²) in [6.45, 7) is 1.72. The Morgan fingerprint density at radius 3 is 2.44 bits per heavy atom. The lowest BCUT2D eigenvalue weighted by atomic mass is 10.2. The van der Waals surface area contributed by atoms with Crippen molar-refractivity contribution in [3.63, 3.8) is 0 Å². The normalized spacial score (nSPS) is 14.2. The van der Waals surface area contributed by atoms with Crippen molar-refractivity contribution in [2.24, 2.45) is 0 Å². The Hall–Kier alpha value is -1.20. The van der Waals surface area contributed by atoms with Crippen LogP contribution < -0.4 is 0 Å². The average Bonchev–Trinajstić information content (AvgIpc) is 2.15. The summed E-state index contributed by atoms with van der Waals surface area (Å²) in [5.41, 5.74) is 0.926. The standard InChI is InChI=1S/C11H14O4S/c1-9-3-5-11(6-4-9)16(13,14)15-8-7-10(2)12/h3-6H,7-8H2,1-2H3/i8D/t8-/m1/s1. The molecule has 16 heavy (non-hydrogen) atoms. The molecule has 1 aromatic carbocycles. The molecule has 0 aliphatic rings. The molecule has 5 heteroatoms. The van der Waals surface area contributed by atoms with E-state index in [1.165, 1.54) is 19.1 Å². The maximum absolute atomic E-state index is 11.7. The van der Waals surface area contributed by atoms with Gasteiger partial charge in [-0.2, -0.15) is 8.42 Å². The fourth-order valence-electron chi connectivity index (χ4n) is 1.00. The summed E-state index contributed by atoms with van der Waals surface area (Å²) in [6, 6.07) is 6.09. The van der Waals surface area contributed by atoms with Gasteiger partial charge < -0.3 is 0 Å². The second-order valence-corrected chi connectivity index (χ2v) is 5.01. The molecular formula is C11H14O4S. The fraction of sp³-hybridized carbons (Fsp3) is 0.364. The summed E-state index contributed by atoms with van der Waals surface area (Å²) in [5, 5.41) is 0. The first-order valence-corrected chi connectivity index (χ1v) is 6.14. The Morgan fingerprint density at radius 1 is 1.38 bits per heavy atom. The molecule has 4 nitrogen and oxygen atoms in total. The third kappa shape index (κ3) is 3.75. The molecule has 1 aromatic rings. The van der Waals surface area contributed by atoms with Crippen molar-refractivity contribution in [2.75, 3.05) is 6.58 Å². The van der Waals surface area contributed by atoms with E-state index in [4.69, 9.17) is 1.37 Å². The summed E-state index contributed by atoms with van der Waals surface area (Å²) in [7, 11) is -3.96. The molecule has 1 rings (SSSR count). The quantitative estimate of drug-likeness (QED) is 0.738. The van der Waals surface area contributed by atoms with Gasteiger partial charge in [0, 0.05) is 6.42 Å². The van der Waals surface area contributed by atoms with Crippen LogP contribution in [0.3, 0.4) is 0 Å². The van der Waals surface area contributed by atoms with Gasteiger partial charge in [0.2, 0.25) is 0 Å². The van der Waals surface area contributed by atoms with Crippen LogP contribution in [0.4, 0.5) is 0 Å². The Kier molecular flexibility index (Phi) is 3.69. The number of benzene rings is 1. The molecule has 0 saturated carbocycles. The number of aryl methyl sites for hydroxylation is 1. The highest BCUT2D eigenvalue weighted by molar-refractivity contribution is 7.86. The Bertz CT molecular complexity index is 493. The van der Waals surface area contributed by atoms with Crippen LogP contribution in [0.15, 0.2) is 29.2 Å². The highest BCUT2D eigenvalue weighted by atomic mass is 32.2. The minimum absolute atomic E-state index is 0.0103. The SMILES string of the molecule is [2H][C@H](CC(C)=O)OS(=O)(=O)c1ccc(C)cc1. The van der Waals surface area contributed by atoms with Gasteiger partial charge in [-0.25, -0.2) is 0 Å². The number of carbonyl (C=O) groups excluding carboxylic acids is 1. The summed E-state index contributed by atoms with van der Waals surface area (Å²) in [6.07, 6.45) is -0.245. The van der Waals surface area contributed by atoms with Gasteiger partial charge in [0.1, 0.15) is 5.78 Å². The zero-order valence-corrected chi connectivity index (χ0v) is 9.95. The number of hydrogen-bond donors (Lipinski definition) is 0. The van der Waals surface area contributed by atoms with Crippen LogP contribution in [-0.4, -0.2) is 20.8 Å². The number of carbonyl (C=O) groups is 1. The van der Waals surface area contributed by atoms with Crippen LogP contribution in [0, 0.1) is 6.92 Å². The van der Waals surface area contributed by atoms with Crippen molar-refractivity contribution in [1.29, 1.82) is 0 Å². The predicted octanol–water partition coefficient (Wildman–Crippen LogP) is 1.68. The molecule has 0 unspecified atom stereocenters. The van der Waals surface area contributed by atoms with Gasteiger partial charge in [-0.05, 0) is 26.0 Å². The van der Waals surface area contributed by atoms with Gasteiger partial charge in [-0.3, -0.25) is 8.98 Å². The number of Topliss-reactive ketones (excluding diaryl/α,β-unsaturated/α-hetero) is 1. The van der Waals surface area contributed by atoms with E-state index in [-0.39, 0.29) is 17.1 Å². The molecule has 0 fully saturated rings. The van der Waals surface area contributed by atoms with Crippen molar-refractivity contribution in [2.45, 2.75) is 25.2 Å². The van der Waals surface area contributed by atoms with Crippen molar-refractivity contribution in [1.82, 2.24) is 0 Å². The van der Waals surface area contributed by atoms with Crippen molar-refractivity contribution >= 4 is 15.9 Å². The van der Waals surface area contributed by atoms with Crippen LogP contribution in [0.25, 0.3) is 0 Å². The van der Waals surface area contributed by atoms with Crippen molar-refractivity contribution in [3.8, 4) is 0 Å². The summed E-state index contributed by atoms with van der Waals surface area (Å²) < 4.78 is 35.3. The zero-order valence-electron chi connectivity index (χ0n) is 10.1. The molecular weight excluding hydrogens is 228 g/mol. The first kappa shape index (κ1) is 11.3. The maximum Gasteiger partial charge on any atom is 0.296 e. The van der Waals surface area contributed by atoms with Crippen LogP contribution in [0.1, 0.15) is 20.3 Å². The van der Waals surface area contributed by atoms with Crippen LogP contribution in [0.5, 0.6) is 0 Å². The summed E-state index contributed by atoms with van der Waals surface area (Å²) in [5.74, 6) is -0.288. The lowest BCUT2D eigenvalue weighted by Crippen LogP contribution is -2.09. The molecule has 0 heterocycles. The molecule has 0 saturated heterocycles. The highest BCUT2D eigenvalue weighted by Gasteiger charge is 2.14. The van der Waals surface area contributed by atoms with Crippen LogP contribution in [0.2, 0.25) is 0 Å². The van der Waals surface area contributed by atoms with Crippen LogP contribution in [-0.2, 0) is 19.1 Å². The highest BCUT2D eigenvalue weighted by Crippen LogP contribution is 2.13. The third-order valence-corrected chi connectivity index (χ3v) is 3.11. The van der Waals surface area contributed by atoms with Gasteiger partial charge >= 0.3 is 0 Å². The lowest BCUT2D eigenvalue weighted by molar-refractivity contribution is -0.117. The van der Waals surface area contributed by atoms with Crippen molar-refractivity contribution in [3.05, 3.63) is 29.8 Å². The molecule has 0 spiro atoms. The van der Waals surface area contributed by atoms with Gasteiger partial charge in [-0.15, -0.1) is 0 Å². The van der Waals surface area contributed by atoms with E-state index < -0.39 is 16.7 Å². The second-order valence-electron chi connectivity index (χ2n) is 3.44. The minimum atomic E-state index is -3.96. The number of hydrogen-bond acceptors (Lipinski definition) is 4. The van der Waals surface area contributed by atoms with E-state index in [1.807, 2.05) is 6.92 Å². The molecule has 0 aromatic heterocycles. The smallest absolute Gasteiger partial charge is 0.296 e. The van der Waals surface area contributed by atoms with Gasteiger partial charge in [0.05, 0.1) is 12.8 Å². The van der Waals surface area contributed by atoms with E-state index >= 15 is 0 Å². The minimum Gasteiger partial charge on any atom is -0.300 e.